The molecule has 1 unspecified atom stereocenters. The molecule has 0 aromatic rings. The highest BCUT2D eigenvalue weighted by Crippen LogP contribution is 2.35. The molecule has 6 heteroatoms. The van der Waals surface area contributed by atoms with Crippen molar-refractivity contribution >= 4 is 11.7 Å². The van der Waals surface area contributed by atoms with Crippen LogP contribution in [0.2, 0.25) is 0 Å². The molecule has 2 fully saturated rings. The number of amides is 1. The molecule has 2 aliphatic rings. The summed E-state index contributed by atoms with van der Waals surface area (Å²) in [4.78, 5) is 12.7. The summed E-state index contributed by atoms with van der Waals surface area (Å²) < 4.78 is 5.43. The molecule has 4 N–H and O–H groups in total. The van der Waals surface area contributed by atoms with Crippen molar-refractivity contribution in [2.45, 2.75) is 51.4 Å². The van der Waals surface area contributed by atoms with E-state index in [1.165, 1.54) is 0 Å². The van der Waals surface area contributed by atoms with Gasteiger partial charge in [-0.3, -0.25) is 4.79 Å². The number of hydrogen-bond donors (Lipinski definition) is 3. The molecule has 1 saturated heterocycles. The predicted molar refractivity (Wildman–Crippen MR) is 80.1 cm³/mol. The highest BCUT2D eigenvalue weighted by Gasteiger charge is 2.43. The van der Waals surface area contributed by atoms with Gasteiger partial charge in [-0.05, 0) is 31.6 Å². The van der Waals surface area contributed by atoms with E-state index in [1.54, 1.807) is 0 Å². The fraction of sp³-hybridized carbons (Fsp3) is 0.867. The normalized spacial score (nSPS) is 26.9. The van der Waals surface area contributed by atoms with Crippen molar-refractivity contribution < 1.29 is 14.7 Å². The minimum absolute atomic E-state index is 0.0572. The van der Waals surface area contributed by atoms with Gasteiger partial charge in [-0.25, -0.2) is 0 Å². The molecule has 120 valence electrons. The van der Waals surface area contributed by atoms with Gasteiger partial charge in [-0.1, -0.05) is 30.8 Å². The fourth-order valence-electron chi connectivity index (χ4n) is 3.40. The van der Waals surface area contributed by atoms with Crippen LogP contribution in [0.25, 0.3) is 0 Å². The van der Waals surface area contributed by atoms with Crippen molar-refractivity contribution in [1.29, 1.82) is 0 Å². The van der Waals surface area contributed by atoms with Crippen LogP contribution in [0.3, 0.4) is 0 Å². The molecule has 0 aromatic heterocycles. The summed E-state index contributed by atoms with van der Waals surface area (Å²) in [6, 6.07) is 0. The molecule has 1 aliphatic carbocycles. The van der Waals surface area contributed by atoms with Gasteiger partial charge < -0.3 is 21.0 Å². The first-order valence-corrected chi connectivity index (χ1v) is 8.03. The van der Waals surface area contributed by atoms with Gasteiger partial charge in [0.15, 0.2) is 5.84 Å². The van der Waals surface area contributed by atoms with Crippen LogP contribution in [0, 0.1) is 11.3 Å². The van der Waals surface area contributed by atoms with Crippen molar-refractivity contribution in [1.82, 2.24) is 5.32 Å². The second-order valence-corrected chi connectivity index (χ2v) is 6.27. The van der Waals surface area contributed by atoms with Crippen molar-refractivity contribution in [2.75, 3.05) is 19.8 Å². The van der Waals surface area contributed by atoms with Crippen LogP contribution in [0.1, 0.15) is 51.4 Å². The van der Waals surface area contributed by atoms with Crippen LogP contribution in [0.15, 0.2) is 5.16 Å². The lowest BCUT2D eigenvalue weighted by Crippen LogP contribution is -2.51. The van der Waals surface area contributed by atoms with E-state index in [1.807, 2.05) is 0 Å². The quantitative estimate of drug-likeness (QED) is 0.241. The Bertz CT molecular complexity index is 370. The third kappa shape index (κ3) is 3.87. The Kier molecular flexibility index (Phi) is 5.85. The average molecular weight is 297 g/mol. The number of nitrogens with zero attached hydrogens (tertiary/aromatic N) is 1. The molecule has 2 rings (SSSR count). The molecule has 6 nitrogen and oxygen atoms in total. The molecular formula is C15H27N3O3. The number of ether oxygens (including phenoxy) is 1. The Morgan fingerprint density at radius 3 is 2.57 bits per heavy atom. The Morgan fingerprint density at radius 2 is 2.00 bits per heavy atom. The summed E-state index contributed by atoms with van der Waals surface area (Å²) in [6.45, 7) is 2.13. The fourth-order valence-corrected chi connectivity index (χ4v) is 3.40. The lowest BCUT2D eigenvalue weighted by molar-refractivity contribution is -0.128. The molecule has 1 amide bonds. The summed E-state index contributed by atoms with van der Waals surface area (Å²) in [6.07, 6.45) is 7.54. The number of hydrogen-bond acceptors (Lipinski definition) is 4. The van der Waals surface area contributed by atoms with Crippen LogP contribution in [-0.2, 0) is 9.53 Å². The predicted octanol–water partition coefficient (Wildman–Crippen LogP) is 1.62. The number of nitrogens with two attached hydrogens (primary N) is 1. The van der Waals surface area contributed by atoms with Crippen molar-refractivity contribution in [3.8, 4) is 0 Å². The Balaban J connectivity index is 1.99. The van der Waals surface area contributed by atoms with Crippen LogP contribution in [0.5, 0.6) is 0 Å². The summed E-state index contributed by atoms with van der Waals surface area (Å²) in [5, 5.41) is 15.2. The number of rotatable bonds is 4. The van der Waals surface area contributed by atoms with Gasteiger partial charge in [0.05, 0.1) is 6.61 Å². The Labute approximate surface area is 126 Å². The SMILES string of the molecule is NC(=NO)C1(C(=O)NCC2CCCOC2)CCCCCC1. The van der Waals surface area contributed by atoms with Gasteiger partial charge in [-0.2, -0.15) is 0 Å². The maximum atomic E-state index is 12.7. The molecule has 0 radical (unpaired) electrons. The number of carbonyl (C=O) groups excluding carboxylic acids is 1. The monoisotopic (exact) mass is 297 g/mol. The van der Waals surface area contributed by atoms with E-state index < -0.39 is 5.41 Å². The molecule has 0 aromatic carbocycles. The van der Waals surface area contributed by atoms with Gasteiger partial charge in [0, 0.05) is 13.2 Å². The maximum absolute atomic E-state index is 12.7. The molecule has 0 bridgehead atoms. The average Bonchev–Trinajstić information content (AvgIpc) is 2.79. The van der Waals surface area contributed by atoms with E-state index in [9.17, 15) is 4.79 Å². The number of amidine groups is 1. The summed E-state index contributed by atoms with van der Waals surface area (Å²) in [5.74, 6) is 0.338. The van der Waals surface area contributed by atoms with Gasteiger partial charge in [-0.15, -0.1) is 0 Å². The van der Waals surface area contributed by atoms with E-state index in [-0.39, 0.29) is 11.7 Å². The van der Waals surface area contributed by atoms with Crippen molar-refractivity contribution in [3.05, 3.63) is 0 Å². The van der Waals surface area contributed by atoms with Crippen molar-refractivity contribution in [2.24, 2.45) is 22.2 Å². The van der Waals surface area contributed by atoms with E-state index in [2.05, 4.69) is 10.5 Å². The first-order valence-electron chi connectivity index (χ1n) is 8.03. The molecule has 1 atom stereocenters. The van der Waals surface area contributed by atoms with Crippen LogP contribution >= 0.6 is 0 Å². The van der Waals surface area contributed by atoms with Gasteiger partial charge in [0.1, 0.15) is 5.41 Å². The largest absolute Gasteiger partial charge is 0.409 e. The molecule has 0 spiro atoms. The lowest BCUT2D eigenvalue weighted by atomic mass is 9.78. The first kappa shape index (κ1) is 16.1. The van der Waals surface area contributed by atoms with Gasteiger partial charge in [0.2, 0.25) is 5.91 Å². The van der Waals surface area contributed by atoms with Crippen LogP contribution < -0.4 is 11.1 Å². The minimum atomic E-state index is -0.833. The smallest absolute Gasteiger partial charge is 0.233 e. The molecule has 1 aliphatic heterocycles. The minimum Gasteiger partial charge on any atom is -0.409 e. The van der Waals surface area contributed by atoms with Gasteiger partial charge >= 0.3 is 0 Å². The first-order chi connectivity index (χ1) is 10.2. The van der Waals surface area contributed by atoms with E-state index in [0.717, 1.165) is 45.1 Å². The summed E-state index contributed by atoms with van der Waals surface area (Å²) in [7, 11) is 0. The second-order valence-electron chi connectivity index (χ2n) is 6.27. The molecule has 21 heavy (non-hydrogen) atoms. The number of nitrogens with one attached hydrogen (secondary N) is 1. The topological polar surface area (TPSA) is 96.9 Å². The lowest BCUT2D eigenvalue weighted by Gasteiger charge is -2.31. The number of oxime groups is 1. The van der Waals surface area contributed by atoms with Crippen LogP contribution in [0.4, 0.5) is 0 Å². The highest BCUT2D eigenvalue weighted by molar-refractivity contribution is 6.06. The maximum Gasteiger partial charge on any atom is 0.233 e. The zero-order valence-corrected chi connectivity index (χ0v) is 12.6. The molecule has 1 saturated carbocycles. The van der Waals surface area contributed by atoms with Gasteiger partial charge in [0.25, 0.3) is 0 Å². The standard InChI is InChI=1S/C15H27N3O3/c16-13(18-20)15(7-3-1-2-4-8-15)14(19)17-10-12-6-5-9-21-11-12/h12,20H,1-11H2,(H2,16,18)(H,17,19). The van der Waals surface area contributed by atoms with E-state index in [0.29, 0.717) is 31.9 Å². The summed E-state index contributed by atoms with van der Waals surface area (Å²) >= 11 is 0. The molecular weight excluding hydrogens is 270 g/mol. The number of carbonyl (C=O) groups is 1. The highest BCUT2D eigenvalue weighted by atomic mass is 16.5. The van der Waals surface area contributed by atoms with E-state index in [4.69, 9.17) is 15.7 Å². The zero-order valence-electron chi connectivity index (χ0n) is 12.6. The zero-order chi connectivity index (χ0) is 15.1. The third-order valence-electron chi connectivity index (χ3n) is 4.80. The Morgan fingerprint density at radius 1 is 1.29 bits per heavy atom. The van der Waals surface area contributed by atoms with E-state index >= 15 is 0 Å². The Hall–Kier alpha value is -1.30. The second kappa shape index (κ2) is 7.64. The third-order valence-corrected chi connectivity index (χ3v) is 4.80. The summed E-state index contributed by atoms with van der Waals surface area (Å²) in [5.41, 5.74) is 5.04. The van der Waals surface area contributed by atoms with Crippen molar-refractivity contribution in [3.63, 3.8) is 0 Å². The molecule has 1 heterocycles. The van der Waals surface area contributed by atoms with Crippen LogP contribution in [-0.4, -0.2) is 36.7 Å².